The first-order valence-electron chi connectivity index (χ1n) is 6.94. The molecule has 1 aliphatic heterocycles. The van der Waals surface area contributed by atoms with E-state index in [0.717, 1.165) is 0 Å². The summed E-state index contributed by atoms with van der Waals surface area (Å²) < 4.78 is 5.07. The summed E-state index contributed by atoms with van der Waals surface area (Å²) in [5, 5.41) is 14.5. The molecule has 0 radical (unpaired) electrons. The first-order chi connectivity index (χ1) is 10.1. The molecule has 114 valence electrons. The fraction of sp³-hybridized carbons (Fsp3) is 0.500. The highest BCUT2D eigenvalue weighted by Gasteiger charge is 2.34. The topological polar surface area (TPSA) is 84.7 Å². The van der Waals surface area contributed by atoms with E-state index in [-0.39, 0.29) is 11.7 Å². The second-order valence-corrected chi connectivity index (χ2v) is 4.87. The molecule has 7 heteroatoms. The van der Waals surface area contributed by atoms with Crippen molar-refractivity contribution in [3.63, 3.8) is 0 Å². The number of carbonyl (C=O) groups excluding carboxylic acids is 1. The number of rotatable bonds is 4. The summed E-state index contributed by atoms with van der Waals surface area (Å²) in [5.41, 5.74) is 1.10. The van der Waals surface area contributed by atoms with Crippen LogP contribution in [0, 0.1) is 17.0 Å². The van der Waals surface area contributed by atoms with Crippen LogP contribution in [0.25, 0.3) is 0 Å². The Labute approximate surface area is 123 Å². The number of nitro benzene ring substituents is 1. The van der Waals surface area contributed by atoms with Crippen LogP contribution in [0.5, 0.6) is 0 Å². The minimum Gasteiger partial charge on any atom is -0.464 e. The lowest BCUT2D eigenvalue weighted by Crippen LogP contribution is -2.55. The normalized spacial score (nSPS) is 18.4. The van der Waals surface area contributed by atoms with Gasteiger partial charge in [-0.15, -0.1) is 0 Å². The Morgan fingerprint density at radius 3 is 3.00 bits per heavy atom. The Hall–Kier alpha value is -2.15. The Morgan fingerprint density at radius 2 is 2.33 bits per heavy atom. The number of ether oxygens (including phenoxy) is 1. The molecule has 0 aliphatic carbocycles. The number of nitrogens with zero attached hydrogens (tertiary/aromatic N) is 2. The summed E-state index contributed by atoms with van der Waals surface area (Å²) >= 11 is 0. The molecule has 1 aromatic carbocycles. The van der Waals surface area contributed by atoms with E-state index in [2.05, 4.69) is 5.32 Å². The molecule has 21 heavy (non-hydrogen) atoms. The standard InChI is InChI=1S/C14H19N3O4/c1-3-21-14(18)12-9-15-7-8-16(12)11-6-4-5-10(2)13(11)17(19)20/h4-6,12,15H,3,7-9H2,1-2H3. The zero-order chi connectivity index (χ0) is 15.4. The number of hydrogen-bond donors (Lipinski definition) is 1. The second kappa shape index (κ2) is 6.53. The molecule has 0 amide bonds. The number of carbonyl (C=O) groups is 1. The molecule has 0 aromatic heterocycles. The molecule has 1 aromatic rings. The summed E-state index contributed by atoms with van der Waals surface area (Å²) in [6.07, 6.45) is 0. The number of benzene rings is 1. The highest BCUT2D eigenvalue weighted by atomic mass is 16.6. The molecule has 1 saturated heterocycles. The van der Waals surface area contributed by atoms with Crippen molar-refractivity contribution in [3.8, 4) is 0 Å². The first kappa shape index (κ1) is 15.2. The number of nitro groups is 1. The maximum atomic E-state index is 12.1. The van der Waals surface area contributed by atoms with E-state index in [4.69, 9.17) is 4.74 Å². The van der Waals surface area contributed by atoms with Crippen LogP contribution >= 0.6 is 0 Å². The van der Waals surface area contributed by atoms with Gasteiger partial charge in [-0.2, -0.15) is 0 Å². The average Bonchev–Trinajstić information content (AvgIpc) is 2.47. The molecule has 1 N–H and O–H groups in total. The van der Waals surface area contributed by atoms with Crippen LogP contribution in [-0.2, 0) is 9.53 Å². The van der Waals surface area contributed by atoms with E-state index in [1.165, 1.54) is 0 Å². The van der Waals surface area contributed by atoms with Crippen molar-refractivity contribution < 1.29 is 14.5 Å². The number of esters is 1. The van der Waals surface area contributed by atoms with Crippen LogP contribution in [0.3, 0.4) is 0 Å². The van der Waals surface area contributed by atoms with E-state index in [1.54, 1.807) is 36.9 Å². The van der Waals surface area contributed by atoms with Crippen LogP contribution in [0.4, 0.5) is 11.4 Å². The van der Waals surface area contributed by atoms with Gasteiger partial charge in [-0.05, 0) is 19.9 Å². The molecular formula is C14H19N3O4. The second-order valence-electron chi connectivity index (χ2n) is 4.87. The van der Waals surface area contributed by atoms with E-state index >= 15 is 0 Å². The number of piperazine rings is 1. The maximum absolute atomic E-state index is 12.1. The lowest BCUT2D eigenvalue weighted by atomic mass is 10.1. The van der Waals surface area contributed by atoms with Gasteiger partial charge in [-0.25, -0.2) is 4.79 Å². The summed E-state index contributed by atoms with van der Waals surface area (Å²) in [7, 11) is 0. The number of para-hydroxylation sites is 1. The molecule has 0 spiro atoms. The number of anilines is 1. The van der Waals surface area contributed by atoms with Gasteiger partial charge < -0.3 is 15.0 Å². The maximum Gasteiger partial charge on any atom is 0.330 e. The van der Waals surface area contributed by atoms with Gasteiger partial charge >= 0.3 is 5.97 Å². The van der Waals surface area contributed by atoms with E-state index < -0.39 is 11.0 Å². The monoisotopic (exact) mass is 293 g/mol. The largest absolute Gasteiger partial charge is 0.464 e. The van der Waals surface area contributed by atoms with Gasteiger partial charge in [0, 0.05) is 25.2 Å². The van der Waals surface area contributed by atoms with E-state index in [9.17, 15) is 14.9 Å². The van der Waals surface area contributed by atoms with Crippen molar-refractivity contribution in [3.05, 3.63) is 33.9 Å². The van der Waals surface area contributed by atoms with Gasteiger partial charge in [-0.3, -0.25) is 10.1 Å². The predicted octanol–water partition coefficient (Wildman–Crippen LogP) is 1.24. The van der Waals surface area contributed by atoms with Crippen molar-refractivity contribution >= 4 is 17.3 Å². The van der Waals surface area contributed by atoms with E-state index in [1.807, 2.05) is 0 Å². The fourth-order valence-corrected chi connectivity index (χ4v) is 2.55. The minimum absolute atomic E-state index is 0.0497. The molecule has 7 nitrogen and oxygen atoms in total. The number of hydrogen-bond acceptors (Lipinski definition) is 6. The Morgan fingerprint density at radius 1 is 1.57 bits per heavy atom. The molecule has 0 saturated carbocycles. The summed E-state index contributed by atoms with van der Waals surface area (Å²) in [5.74, 6) is -0.361. The summed E-state index contributed by atoms with van der Waals surface area (Å²) in [6.45, 7) is 5.34. The van der Waals surface area contributed by atoms with Gasteiger partial charge in [0.15, 0.2) is 0 Å². The number of aryl methyl sites for hydroxylation is 1. The molecular weight excluding hydrogens is 274 g/mol. The molecule has 1 unspecified atom stereocenters. The third-order valence-electron chi connectivity index (χ3n) is 3.51. The van der Waals surface area contributed by atoms with Gasteiger partial charge in [0.05, 0.1) is 11.5 Å². The van der Waals surface area contributed by atoms with Crippen molar-refractivity contribution in [1.29, 1.82) is 0 Å². The zero-order valence-electron chi connectivity index (χ0n) is 12.2. The summed E-state index contributed by atoms with van der Waals surface area (Å²) in [6, 6.07) is 4.60. The van der Waals surface area contributed by atoms with Crippen LogP contribution < -0.4 is 10.2 Å². The molecule has 2 rings (SSSR count). The first-order valence-corrected chi connectivity index (χ1v) is 6.94. The zero-order valence-corrected chi connectivity index (χ0v) is 12.2. The minimum atomic E-state index is -0.542. The fourth-order valence-electron chi connectivity index (χ4n) is 2.55. The van der Waals surface area contributed by atoms with Crippen molar-refractivity contribution in [2.24, 2.45) is 0 Å². The highest BCUT2D eigenvalue weighted by Crippen LogP contribution is 2.33. The third kappa shape index (κ3) is 3.13. The predicted molar refractivity (Wildman–Crippen MR) is 78.5 cm³/mol. The Bertz CT molecular complexity index is 547. The SMILES string of the molecule is CCOC(=O)C1CNCCN1c1cccc(C)c1[N+](=O)[O-]. The van der Waals surface area contributed by atoms with Crippen LogP contribution in [0.2, 0.25) is 0 Å². The van der Waals surface area contributed by atoms with E-state index in [0.29, 0.717) is 37.5 Å². The van der Waals surface area contributed by atoms with Crippen LogP contribution in [0.15, 0.2) is 18.2 Å². The Kier molecular flexibility index (Phi) is 4.74. The quantitative estimate of drug-likeness (QED) is 0.511. The summed E-state index contributed by atoms with van der Waals surface area (Å²) in [4.78, 5) is 24.8. The Balaban J connectivity index is 2.40. The van der Waals surface area contributed by atoms with Crippen molar-refractivity contribution in [2.45, 2.75) is 19.9 Å². The lowest BCUT2D eigenvalue weighted by Gasteiger charge is -2.36. The van der Waals surface area contributed by atoms with Crippen molar-refractivity contribution in [1.82, 2.24) is 5.32 Å². The molecule has 1 fully saturated rings. The van der Waals surface area contributed by atoms with Gasteiger partial charge in [0.1, 0.15) is 11.7 Å². The van der Waals surface area contributed by atoms with Gasteiger partial charge in [-0.1, -0.05) is 12.1 Å². The molecule has 1 atom stereocenters. The smallest absolute Gasteiger partial charge is 0.330 e. The van der Waals surface area contributed by atoms with Gasteiger partial charge in [0.25, 0.3) is 5.69 Å². The van der Waals surface area contributed by atoms with Gasteiger partial charge in [0.2, 0.25) is 0 Å². The molecule has 0 bridgehead atoms. The molecule has 1 aliphatic rings. The van der Waals surface area contributed by atoms with Crippen LogP contribution in [0.1, 0.15) is 12.5 Å². The van der Waals surface area contributed by atoms with Crippen LogP contribution in [-0.4, -0.2) is 43.2 Å². The lowest BCUT2D eigenvalue weighted by molar-refractivity contribution is -0.384. The van der Waals surface area contributed by atoms with Crippen molar-refractivity contribution in [2.75, 3.05) is 31.1 Å². The number of nitrogens with one attached hydrogen (secondary N) is 1. The average molecular weight is 293 g/mol. The third-order valence-corrected chi connectivity index (χ3v) is 3.51. The molecule has 1 heterocycles. The highest BCUT2D eigenvalue weighted by molar-refractivity contribution is 5.82.